The summed E-state index contributed by atoms with van der Waals surface area (Å²) in [6, 6.07) is 8.09. The van der Waals surface area contributed by atoms with Crippen LogP contribution in [-0.2, 0) is 0 Å². The van der Waals surface area contributed by atoms with Crippen molar-refractivity contribution >= 4 is 17.6 Å². The van der Waals surface area contributed by atoms with Crippen LogP contribution in [0.3, 0.4) is 0 Å². The van der Waals surface area contributed by atoms with Crippen LogP contribution in [0.15, 0.2) is 24.3 Å². The number of amides is 2. The van der Waals surface area contributed by atoms with Gasteiger partial charge in [-0.1, -0.05) is 23.7 Å². The fourth-order valence-electron chi connectivity index (χ4n) is 2.03. The van der Waals surface area contributed by atoms with E-state index in [1.807, 2.05) is 29.2 Å². The number of halogens is 1. The largest absolute Gasteiger partial charge is 0.336 e. The summed E-state index contributed by atoms with van der Waals surface area (Å²) in [5, 5.41) is 6.93. The van der Waals surface area contributed by atoms with Gasteiger partial charge in [0.05, 0.1) is 0 Å². The highest BCUT2D eigenvalue weighted by Gasteiger charge is 2.18. The molecule has 1 heterocycles. The smallest absolute Gasteiger partial charge is 0.317 e. The highest BCUT2D eigenvalue weighted by Crippen LogP contribution is 2.16. The fourth-order valence-corrected chi connectivity index (χ4v) is 2.23. The third kappa shape index (κ3) is 3.37. The number of benzene rings is 1. The summed E-state index contributed by atoms with van der Waals surface area (Å²) in [5.74, 6) is 0. The van der Waals surface area contributed by atoms with Crippen LogP contribution in [0.2, 0.25) is 5.02 Å². The van der Waals surface area contributed by atoms with E-state index >= 15 is 0 Å². The van der Waals surface area contributed by atoms with Crippen LogP contribution in [0.4, 0.5) is 4.79 Å². The van der Waals surface area contributed by atoms with Crippen molar-refractivity contribution < 1.29 is 4.79 Å². The molecule has 0 unspecified atom stereocenters. The maximum absolute atomic E-state index is 11.3. The Labute approximate surface area is 112 Å². The number of urea groups is 1. The van der Waals surface area contributed by atoms with Gasteiger partial charge in [0, 0.05) is 37.2 Å². The van der Waals surface area contributed by atoms with E-state index < -0.39 is 0 Å². The number of hydrogen-bond donors (Lipinski definition) is 2. The number of hydrogen-bond acceptors (Lipinski definition) is 2. The average Bonchev–Trinajstić information content (AvgIpc) is 2.75. The quantitative estimate of drug-likeness (QED) is 0.857. The molecule has 1 saturated heterocycles. The molecule has 0 radical (unpaired) electrons. The van der Waals surface area contributed by atoms with Crippen LogP contribution < -0.4 is 10.6 Å². The maximum Gasteiger partial charge on any atom is 0.317 e. The van der Waals surface area contributed by atoms with Crippen LogP contribution >= 0.6 is 11.6 Å². The third-order valence-electron chi connectivity index (χ3n) is 3.13. The topological polar surface area (TPSA) is 44.4 Å². The first kappa shape index (κ1) is 13.2. The summed E-state index contributed by atoms with van der Waals surface area (Å²) >= 11 is 5.96. The van der Waals surface area contributed by atoms with Crippen LogP contribution in [0.25, 0.3) is 0 Å². The van der Waals surface area contributed by atoms with Crippen molar-refractivity contribution in [1.82, 2.24) is 15.5 Å². The molecule has 0 aromatic heterocycles. The minimum atomic E-state index is 0.0345. The number of carbonyl (C=O) groups is 1. The minimum absolute atomic E-state index is 0.0345. The molecule has 1 atom stereocenters. The first-order valence-corrected chi connectivity index (χ1v) is 6.56. The number of carbonyl (C=O) groups excluding carboxylic acids is 1. The van der Waals surface area contributed by atoms with E-state index in [1.54, 1.807) is 0 Å². The van der Waals surface area contributed by atoms with Crippen molar-refractivity contribution in [2.24, 2.45) is 0 Å². The molecule has 2 N–H and O–H groups in total. The van der Waals surface area contributed by atoms with E-state index in [0.717, 1.165) is 36.8 Å². The van der Waals surface area contributed by atoms with E-state index in [1.165, 1.54) is 0 Å². The molecule has 5 heteroatoms. The second kappa shape index (κ2) is 6.07. The summed E-state index contributed by atoms with van der Waals surface area (Å²) in [4.78, 5) is 13.2. The number of rotatable bonds is 5. The highest BCUT2D eigenvalue weighted by molar-refractivity contribution is 6.30. The Morgan fingerprint density at radius 1 is 1.56 bits per heavy atom. The third-order valence-corrected chi connectivity index (χ3v) is 3.36. The lowest BCUT2D eigenvalue weighted by Crippen LogP contribution is -2.35. The zero-order chi connectivity index (χ0) is 13.0. The van der Waals surface area contributed by atoms with E-state index in [4.69, 9.17) is 11.6 Å². The summed E-state index contributed by atoms with van der Waals surface area (Å²) in [7, 11) is 0. The molecule has 1 aliphatic heterocycles. The van der Waals surface area contributed by atoms with Gasteiger partial charge in [0.1, 0.15) is 0 Å². The predicted octanol–water partition coefficient (Wildman–Crippen LogP) is 2.02. The Kier molecular flexibility index (Phi) is 4.44. The molecule has 1 fully saturated rings. The van der Waals surface area contributed by atoms with Crippen molar-refractivity contribution in [3.63, 3.8) is 0 Å². The molecule has 4 nitrogen and oxygen atoms in total. The van der Waals surface area contributed by atoms with Gasteiger partial charge in [0.15, 0.2) is 0 Å². The van der Waals surface area contributed by atoms with Gasteiger partial charge in [-0.2, -0.15) is 0 Å². The van der Waals surface area contributed by atoms with E-state index in [0.29, 0.717) is 0 Å². The number of nitrogens with one attached hydrogen (secondary N) is 2. The molecule has 1 aromatic rings. The van der Waals surface area contributed by atoms with Crippen LogP contribution in [-0.4, -0.2) is 37.1 Å². The zero-order valence-electron chi connectivity index (χ0n) is 10.4. The highest BCUT2D eigenvalue weighted by atomic mass is 35.5. The van der Waals surface area contributed by atoms with Gasteiger partial charge < -0.3 is 15.5 Å². The number of nitrogens with zero attached hydrogens (tertiary/aromatic N) is 1. The monoisotopic (exact) mass is 267 g/mol. The molecule has 98 valence electrons. The lowest BCUT2D eigenvalue weighted by Gasteiger charge is -2.18. The Balaban J connectivity index is 1.78. The Morgan fingerprint density at radius 3 is 3.06 bits per heavy atom. The Morgan fingerprint density at radius 2 is 2.39 bits per heavy atom. The van der Waals surface area contributed by atoms with Crippen molar-refractivity contribution in [3.8, 4) is 0 Å². The standard InChI is InChI=1S/C13H18ClN3O/c1-10(11-3-2-4-12(14)9-11)15-5-7-17-8-6-16-13(17)18/h2-4,9-10,15H,5-8H2,1H3,(H,16,18)/t10-/m1/s1. The summed E-state index contributed by atoms with van der Waals surface area (Å²) in [5.41, 5.74) is 1.16. The zero-order valence-corrected chi connectivity index (χ0v) is 11.2. The molecule has 0 bridgehead atoms. The van der Waals surface area contributed by atoms with Gasteiger partial charge in [-0.05, 0) is 24.6 Å². The summed E-state index contributed by atoms with van der Waals surface area (Å²) in [6.45, 7) is 5.16. The second-order valence-corrected chi connectivity index (χ2v) is 4.89. The second-order valence-electron chi connectivity index (χ2n) is 4.45. The fraction of sp³-hybridized carbons (Fsp3) is 0.462. The van der Waals surface area contributed by atoms with Crippen LogP contribution in [0, 0.1) is 0 Å². The van der Waals surface area contributed by atoms with Crippen molar-refractivity contribution in [2.45, 2.75) is 13.0 Å². The van der Waals surface area contributed by atoms with Crippen molar-refractivity contribution in [1.29, 1.82) is 0 Å². The maximum atomic E-state index is 11.3. The van der Waals surface area contributed by atoms with Gasteiger partial charge in [0.25, 0.3) is 0 Å². The van der Waals surface area contributed by atoms with Gasteiger partial charge in [-0.3, -0.25) is 0 Å². The normalized spacial score (nSPS) is 16.8. The predicted molar refractivity (Wildman–Crippen MR) is 72.8 cm³/mol. The Bertz CT molecular complexity index is 424. The molecule has 0 aliphatic carbocycles. The molecule has 1 aromatic carbocycles. The van der Waals surface area contributed by atoms with E-state index in [9.17, 15) is 4.79 Å². The molecular formula is C13H18ClN3O. The lowest BCUT2D eigenvalue weighted by molar-refractivity contribution is 0.217. The molecule has 2 rings (SSSR count). The molecule has 18 heavy (non-hydrogen) atoms. The summed E-state index contributed by atoms with van der Waals surface area (Å²) < 4.78 is 0. The average molecular weight is 268 g/mol. The molecular weight excluding hydrogens is 250 g/mol. The molecule has 1 aliphatic rings. The van der Waals surface area contributed by atoms with Crippen LogP contribution in [0.5, 0.6) is 0 Å². The molecule has 0 spiro atoms. The van der Waals surface area contributed by atoms with Gasteiger partial charge in [0.2, 0.25) is 0 Å². The van der Waals surface area contributed by atoms with Gasteiger partial charge >= 0.3 is 6.03 Å². The Hall–Kier alpha value is -1.26. The van der Waals surface area contributed by atoms with E-state index in [-0.39, 0.29) is 12.1 Å². The van der Waals surface area contributed by atoms with Gasteiger partial charge in [-0.15, -0.1) is 0 Å². The minimum Gasteiger partial charge on any atom is -0.336 e. The molecule has 0 saturated carbocycles. The first-order valence-electron chi connectivity index (χ1n) is 6.18. The molecule has 2 amide bonds. The van der Waals surface area contributed by atoms with Crippen molar-refractivity contribution in [2.75, 3.05) is 26.2 Å². The van der Waals surface area contributed by atoms with Gasteiger partial charge in [-0.25, -0.2) is 4.79 Å². The van der Waals surface area contributed by atoms with Crippen LogP contribution in [0.1, 0.15) is 18.5 Å². The first-order chi connectivity index (χ1) is 8.66. The van der Waals surface area contributed by atoms with Crippen molar-refractivity contribution in [3.05, 3.63) is 34.9 Å². The van der Waals surface area contributed by atoms with E-state index in [2.05, 4.69) is 17.6 Å². The summed E-state index contributed by atoms with van der Waals surface area (Å²) in [6.07, 6.45) is 0. The SMILES string of the molecule is C[C@@H](NCCN1CCNC1=O)c1cccc(Cl)c1. The lowest BCUT2D eigenvalue weighted by atomic mass is 10.1.